The van der Waals surface area contributed by atoms with Crippen LogP contribution in [0.15, 0.2) is 0 Å². The van der Waals surface area contributed by atoms with Crippen LogP contribution in [0, 0.1) is 0 Å². The number of likely N-dealkylation sites (tertiary alicyclic amines) is 1. The van der Waals surface area contributed by atoms with Crippen LogP contribution in [0.25, 0.3) is 0 Å². The van der Waals surface area contributed by atoms with Gasteiger partial charge in [0.1, 0.15) is 0 Å². The molecular weight excluding hydrogens is 164 g/mol. The van der Waals surface area contributed by atoms with E-state index >= 15 is 0 Å². The van der Waals surface area contributed by atoms with E-state index in [0.717, 1.165) is 13.1 Å². The van der Waals surface area contributed by atoms with E-state index in [1.54, 1.807) is 4.90 Å². The zero-order valence-corrected chi connectivity index (χ0v) is 8.75. The van der Waals surface area contributed by atoms with E-state index in [1.807, 2.05) is 19.0 Å². The number of rotatable bonds is 0. The first-order valence-corrected chi connectivity index (χ1v) is 5.18. The lowest BCUT2D eigenvalue weighted by Gasteiger charge is -2.27. The summed E-state index contributed by atoms with van der Waals surface area (Å²) < 4.78 is 0. The molecule has 0 spiro atoms. The van der Waals surface area contributed by atoms with E-state index in [-0.39, 0.29) is 6.03 Å². The molecule has 3 heteroatoms. The van der Waals surface area contributed by atoms with Gasteiger partial charge in [-0.3, -0.25) is 0 Å². The summed E-state index contributed by atoms with van der Waals surface area (Å²) in [5.41, 5.74) is 0. The normalized spacial score (nSPS) is 19.1. The van der Waals surface area contributed by atoms with Crippen LogP contribution < -0.4 is 0 Å². The SMILES string of the molecule is CN(C)C(=O)N1CCCCCCC1. The quantitative estimate of drug-likeness (QED) is 0.564. The average molecular weight is 184 g/mol. The molecule has 0 saturated carbocycles. The number of urea groups is 1. The van der Waals surface area contributed by atoms with Crippen LogP contribution in [-0.4, -0.2) is 43.0 Å². The van der Waals surface area contributed by atoms with Gasteiger partial charge in [0.25, 0.3) is 0 Å². The van der Waals surface area contributed by atoms with Crippen molar-refractivity contribution in [3.05, 3.63) is 0 Å². The van der Waals surface area contributed by atoms with Crippen molar-refractivity contribution in [3.8, 4) is 0 Å². The summed E-state index contributed by atoms with van der Waals surface area (Å²) in [6.45, 7) is 1.88. The Labute approximate surface area is 80.7 Å². The first-order valence-electron chi connectivity index (χ1n) is 5.18. The van der Waals surface area contributed by atoms with E-state index < -0.39 is 0 Å². The number of amides is 2. The molecule has 1 aliphatic heterocycles. The van der Waals surface area contributed by atoms with E-state index in [0.29, 0.717) is 0 Å². The monoisotopic (exact) mass is 184 g/mol. The molecule has 0 aromatic carbocycles. The van der Waals surface area contributed by atoms with Crippen molar-refractivity contribution in [2.45, 2.75) is 32.1 Å². The Morgan fingerprint density at radius 3 is 1.92 bits per heavy atom. The summed E-state index contributed by atoms with van der Waals surface area (Å²) >= 11 is 0. The minimum atomic E-state index is 0.168. The predicted molar refractivity (Wildman–Crippen MR) is 53.7 cm³/mol. The topological polar surface area (TPSA) is 23.6 Å². The highest BCUT2D eigenvalue weighted by Crippen LogP contribution is 2.11. The Balaban J connectivity index is 2.41. The van der Waals surface area contributed by atoms with Gasteiger partial charge in [0.15, 0.2) is 0 Å². The number of hydrogen-bond donors (Lipinski definition) is 0. The van der Waals surface area contributed by atoms with Crippen molar-refractivity contribution >= 4 is 6.03 Å². The highest BCUT2D eigenvalue weighted by atomic mass is 16.2. The molecule has 0 N–H and O–H groups in total. The minimum absolute atomic E-state index is 0.168. The maximum Gasteiger partial charge on any atom is 0.319 e. The zero-order valence-electron chi connectivity index (χ0n) is 8.75. The maximum absolute atomic E-state index is 11.6. The Morgan fingerprint density at radius 2 is 1.46 bits per heavy atom. The Hall–Kier alpha value is -0.730. The first-order chi connectivity index (χ1) is 6.22. The molecule has 1 heterocycles. The Bertz CT molecular complexity index is 160. The summed E-state index contributed by atoms with van der Waals surface area (Å²) in [7, 11) is 3.64. The number of carbonyl (C=O) groups is 1. The van der Waals surface area contributed by atoms with Crippen molar-refractivity contribution in [2.24, 2.45) is 0 Å². The molecule has 0 unspecified atom stereocenters. The van der Waals surface area contributed by atoms with Gasteiger partial charge in [-0.1, -0.05) is 19.3 Å². The fraction of sp³-hybridized carbons (Fsp3) is 0.900. The molecule has 0 aromatic heterocycles. The van der Waals surface area contributed by atoms with Crippen LogP contribution in [0.3, 0.4) is 0 Å². The van der Waals surface area contributed by atoms with E-state index in [1.165, 1.54) is 32.1 Å². The van der Waals surface area contributed by atoms with Gasteiger partial charge in [0, 0.05) is 27.2 Å². The summed E-state index contributed by atoms with van der Waals surface area (Å²) in [5.74, 6) is 0. The van der Waals surface area contributed by atoms with E-state index in [4.69, 9.17) is 0 Å². The molecule has 0 aliphatic carbocycles. The van der Waals surface area contributed by atoms with Gasteiger partial charge in [0.2, 0.25) is 0 Å². The molecule has 0 radical (unpaired) electrons. The molecule has 76 valence electrons. The third-order valence-electron chi connectivity index (χ3n) is 2.51. The molecule has 0 atom stereocenters. The summed E-state index contributed by atoms with van der Waals surface area (Å²) in [4.78, 5) is 15.3. The second-order valence-electron chi connectivity index (χ2n) is 3.93. The van der Waals surface area contributed by atoms with Gasteiger partial charge in [-0.15, -0.1) is 0 Å². The van der Waals surface area contributed by atoms with Crippen molar-refractivity contribution in [3.63, 3.8) is 0 Å². The minimum Gasteiger partial charge on any atom is -0.331 e. The molecule has 1 aliphatic rings. The molecule has 13 heavy (non-hydrogen) atoms. The summed E-state index contributed by atoms with van der Waals surface area (Å²) in [6, 6.07) is 0.168. The van der Waals surface area contributed by atoms with Gasteiger partial charge in [0.05, 0.1) is 0 Å². The maximum atomic E-state index is 11.6. The number of carbonyl (C=O) groups excluding carboxylic acids is 1. The summed E-state index contributed by atoms with van der Waals surface area (Å²) in [6.07, 6.45) is 6.22. The molecular formula is C10H20N2O. The van der Waals surface area contributed by atoms with Gasteiger partial charge in [-0.25, -0.2) is 4.79 Å². The lowest BCUT2D eigenvalue weighted by molar-refractivity contribution is 0.166. The number of hydrogen-bond acceptors (Lipinski definition) is 1. The Kier molecular flexibility index (Phi) is 4.06. The second-order valence-corrected chi connectivity index (χ2v) is 3.93. The van der Waals surface area contributed by atoms with Crippen LogP contribution in [0.4, 0.5) is 4.79 Å². The fourth-order valence-electron chi connectivity index (χ4n) is 1.72. The van der Waals surface area contributed by atoms with Crippen molar-refractivity contribution in [1.29, 1.82) is 0 Å². The van der Waals surface area contributed by atoms with Gasteiger partial charge in [-0.2, -0.15) is 0 Å². The third kappa shape index (κ3) is 3.25. The molecule has 0 bridgehead atoms. The van der Waals surface area contributed by atoms with E-state index in [9.17, 15) is 4.79 Å². The van der Waals surface area contributed by atoms with Crippen LogP contribution in [0.2, 0.25) is 0 Å². The third-order valence-corrected chi connectivity index (χ3v) is 2.51. The molecule has 1 rings (SSSR count). The van der Waals surface area contributed by atoms with Crippen LogP contribution in [-0.2, 0) is 0 Å². The standard InChI is InChI=1S/C10H20N2O/c1-11(2)10(13)12-8-6-4-3-5-7-9-12/h3-9H2,1-2H3. The predicted octanol–water partition coefficient (Wildman–Crippen LogP) is 1.93. The molecule has 1 fully saturated rings. The summed E-state index contributed by atoms with van der Waals surface area (Å²) in [5, 5.41) is 0. The molecule has 1 saturated heterocycles. The van der Waals surface area contributed by atoms with Gasteiger partial charge < -0.3 is 9.80 Å². The smallest absolute Gasteiger partial charge is 0.319 e. The van der Waals surface area contributed by atoms with Gasteiger partial charge >= 0.3 is 6.03 Å². The largest absolute Gasteiger partial charge is 0.331 e. The van der Waals surface area contributed by atoms with E-state index in [2.05, 4.69) is 0 Å². The van der Waals surface area contributed by atoms with Gasteiger partial charge in [-0.05, 0) is 12.8 Å². The van der Waals surface area contributed by atoms with Crippen LogP contribution >= 0.6 is 0 Å². The van der Waals surface area contributed by atoms with Crippen molar-refractivity contribution in [1.82, 2.24) is 9.80 Å². The fourth-order valence-corrected chi connectivity index (χ4v) is 1.72. The Morgan fingerprint density at radius 1 is 1.00 bits per heavy atom. The molecule has 2 amide bonds. The van der Waals surface area contributed by atoms with Crippen LogP contribution in [0.1, 0.15) is 32.1 Å². The van der Waals surface area contributed by atoms with Crippen LogP contribution in [0.5, 0.6) is 0 Å². The lowest BCUT2D eigenvalue weighted by Crippen LogP contribution is -2.40. The lowest BCUT2D eigenvalue weighted by atomic mass is 10.1. The average Bonchev–Trinajstić information content (AvgIpc) is 2.02. The highest BCUT2D eigenvalue weighted by molar-refractivity contribution is 5.73. The molecule has 0 aromatic rings. The second kappa shape index (κ2) is 5.10. The zero-order chi connectivity index (χ0) is 9.68. The number of nitrogens with zero attached hydrogens (tertiary/aromatic N) is 2. The highest BCUT2D eigenvalue weighted by Gasteiger charge is 2.15. The molecule has 3 nitrogen and oxygen atoms in total. The first kappa shape index (κ1) is 10.4. The van der Waals surface area contributed by atoms with Crippen molar-refractivity contribution < 1.29 is 4.79 Å². The van der Waals surface area contributed by atoms with Crippen molar-refractivity contribution in [2.75, 3.05) is 27.2 Å².